The van der Waals surface area contributed by atoms with E-state index >= 15 is 0 Å². The third kappa shape index (κ3) is 2.79. The smallest absolute Gasteiger partial charge is 0.336 e. The minimum atomic E-state index is -1.05. The Labute approximate surface area is 124 Å². The number of nitrogens with one attached hydrogen (secondary N) is 2. The van der Waals surface area contributed by atoms with Gasteiger partial charge in [-0.1, -0.05) is 29.3 Å². The van der Waals surface area contributed by atoms with E-state index in [-0.39, 0.29) is 21.4 Å². The fraction of sp³-hybridized carbons (Fsp3) is 0.0769. The van der Waals surface area contributed by atoms with Crippen LogP contribution in [0.1, 0.15) is 26.4 Å². The number of anilines is 1. The predicted molar refractivity (Wildman–Crippen MR) is 76.9 cm³/mol. The first-order chi connectivity index (χ1) is 9.40. The normalized spacial score (nSPS) is 10.3. The van der Waals surface area contributed by atoms with Gasteiger partial charge in [-0.25, -0.2) is 4.79 Å². The molecule has 0 spiro atoms. The molecule has 0 saturated heterocycles. The Morgan fingerprint density at radius 2 is 2.00 bits per heavy atom. The summed E-state index contributed by atoms with van der Waals surface area (Å²) in [4.78, 5) is 25.7. The summed E-state index contributed by atoms with van der Waals surface area (Å²) in [5, 5.41) is 12.1. The number of H-pyrrole nitrogens is 1. The number of aromatic nitrogens is 1. The van der Waals surface area contributed by atoms with Crippen LogP contribution in [0.15, 0.2) is 24.3 Å². The maximum absolute atomic E-state index is 12.0. The molecule has 0 aliphatic rings. The molecule has 1 aromatic carbocycles. The zero-order valence-electron chi connectivity index (χ0n) is 10.3. The number of carboxylic acids is 1. The Morgan fingerprint density at radius 1 is 1.30 bits per heavy atom. The molecular weight excluding hydrogens is 303 g/mol. The van der Waals surface area contributed by atoms with Crippen LogP contribution >= 0.6 is 23.2 Å². The van der Waals surface area contributed by atoms with Gasteiger partial charge < -0.3 is 15.4 Å². The number of carbonyl (C=O) groups excluding carboxylic acids is 1. The third-order valence-electron chi connectivity index (χ3n) is 2.78. The molecule has 2 aromatic rings. The Bertz CT molecular complexity index is 675. The molecule has 5 nitrogen and oxygen atoms in total. The van der Waals surface area contributed by atoms with E-state index in [4.69, 9.17) is 28.3 Å². The van der Waals surface area contributed by atoms with Crippen LogP contribution in [0.2, 0.25) is 10.2 Å². The summed E-state index contributed by atoms with van der Waals surface area (Å²) in [5.74, 6) is -1.51. The number of halogens is 2. The molecule has 0 saturated carbocycles. The monoisotopic (exact) mass is 312 g/mol. The molecule has 0 fully saturated rings. The number of aromatic amines is 1. The molecule has 3 N–H and O–H groups in total. The van der Waals surface area contributed by atoms with Gasteiger partial charge in [0.1, 0.15) is 10.8 Å². The molecule has 20 heavy (non-hydrogen) atoms. The molecule has 2 rings (SSSR count). The second-order valence-corrected chi connectivity index (χ2v) is 4.87. The van der Waals surface area contributed by atoms with Crippen LogP contribution in [0, 0.1) is 6.92 Å². The zero-order chi connectivity index (χ0) is 14.9. The van der Waals surface area contributed by atoms with E-state index in [1.54, 1.807) is 19.1 Å². The molecule has 0 atom stereocenters. The molecule has 0 aliphatic heterocycles. The van der Waals surface area contributed by atoms with Crippen molar-refractivity contribution in [1.82, 2.24) is 4.98 Å². The number of amides is 1. The van der Waals surface area contributed by atoms with E-state index in [0.29, 0.717) is 11.3 Å². The quantitative estimate of drug-likeness (QED) is 0.810. The third-order valence-corrected chi connectivity index (χ3v) is 3.48. The van der Waals surface area contributed by atoms with E-state index in [0.717, 1.165) is 0 Å². The lowest BCUT2D eigenvalue weighted by Gasteiger charge is -2.09. The van der Waals surface area contributed by atoms with Crippen LogP contribution < -0.4 is 5.32 Å². The molecule has 1 amide bonds. The highest BCUT2D eigenvalue weighted by atomic mass is 35.5. The number of hydrogen-bond acceptors (Lipinski definition) is 2. The van der Waals surface area contributed by atoms with Crippen molar-refractivity contribution in [2.75, 3.05) is 5.32 Å². The summed E-state index contributed by atoms with van der Waals surface area (Å²) in [7, 11) is 0. The minimum Gasteiger partial charge on any atom is -0.478 e. The molecule has 1 heterocycles. The lowest BCUT2D eigenvalue weighted by molar-refractivity contribution is 0.0695. The van der Waals surface area contributed by atoms with Gasteiger partial charge in [0.25, 0.3) is 5.91 Å². The highest BCUT2D eigenvalue weighted by Gasteiger charge is 2.15. The molecule has 7 heteroatoms. The number of aromatic carboxylic acids is 1. The first-order valence-corrected chi connectivity index (χ1v) is 6.34. The van der Waals surface area contributed by atoms with Crippen molar-refractivity contribution in [3.8, 4) is 0 Å². The molecule has 0 bridgehead atoms. The number of carboxylic acid groups (broad SMARTS) is 1. The summed E-state index contributed by atoms with van der Waals surface area (Å²) in [5.41, 5.74) is 1.21. The second kappa shape index (κ2) is 5.56. The molecule has 1 aromatic heterocycles. The maximum Gasteiger partial charge on any atom is 0.336 e. The van der Waals surface area contributed by atoms with Crippen molar-refractivity contribution in [1.29, 1.82) is 0 Å². The zero-order valence-corrected chi connectivity index (χ0v) is 11.8. The van der Waals surface area contributed by atoms with E-state index in [2.05, 4.69) is 10.3 Å². The number of rotatable bonds is 3. The van der Waals surface area contributed by atoms with Gasteiger partial charge in [-0.2, -0.15) is 0 Å². The van der Waals surface area contributed by atoms with Crippen LogP contribution in [0.4, 0.5) is 5.69 Å². The molecule has 0 aliphatic carbocycles. The Balaban J connectivity index is 2.28. The van der Waals surface area contributed by atoms with Crippen LogP contribution in [-0.2, 0) is 0 Å². The predicted octanol–water partition coefficient (Wildman–Crippen LogP) is 3.58. The van der Waals surface area contributed by atoms with Crippen molar-refractivity contribution >= 4 is 40.8 Å². The first-order valence-electron chi connectivity index (χ1n) is 5.58. The van der Waals surface area contributed by atoms with Gasteiger partial charge in [0.15, 0.2) is 0 Å². The summed E-state index contributed by atoms with van der Waals surface area (Å²) in [6.07, 6.45) is 0. The van der Waals surface area contributed by atoms with Crippen molar-refractivity contribution in [3.63, 3.8) is 0 Å². The SMILES string of the molecule is Cc1c(NC(=O)c2cc(Cl)c(Cl)[nH]2)cccc1C(=O)O. The van der Waals surface area contributed by atoms with Crippen molar-refractivity contribution in [2.45, 2.75) is 6.92 Å². The molecule has 0 radical (unpaired) electrons. The highest BCUT2D eigenvalue weighted by molar-refractivity contribution is 6.41. The van der Waals surface area contributed by atoms with Crippen molar-refractivity contribution < 1.29 is 14.7 Å². The van der Waals surface area contributed by atoms with Gasteiger partial charge in [-0.3, -0.25) is 4.79 Å². The van der Waals surface area contributed by atoms with Crippen LogP contribution in [0.3, 0.4) is 0 Å². The van der Waals surface area contributed by atoms with Gasteiger partial charge in [0.05, 0.1) is 10.6 Å². The average Bonchev–Trinajstić information content (AvgIpc) is 2.72. The fourth-order valence-corrected chi connectivity index (χ4v) is 2.03. The summed E-state index contributed by atoms with van der Waals surface area (Å²) >= 11 is 11.5. The van der Waals surface area contributed by atoms with E-state index in [1.807, 2.05) is 0 Å². The number of benzene rings is 1. The van der Waals surface area contributed by atoms with E-state index in [9.17, 15) is 9.59 Å². The van der Waals surface area contributed by atoms with Gasteiger partial charge in [0, 0.05) is 5.69 Å². The largest absolute Gasteiger partial charge is 0.478 e. The highest BCUT2D eigenvalue weighted by Crippen LogP contribution is 2.24. The fourth-order valence-electron chi connectivity index (χ4n) is 1.72. The van der Waals surface area contributed by atoms with E-state index in [1.165, 1.54) is 12.1 Å². The number of carbonyl (C=O) groups is 2. The molecular formula is C13H10Cl2N2O3. The van der Waals surface area contributed by atoms with E-state index < -0.39 is 11.9 Å². The summed E-state index contributed by atoms with van der Waals surface area (Å²) in [6, 6.07) is 6.04. The Kier molecular flexibility index (Phi) is 4.01. The van der Waals surface area contributed by atoms with Crippen LogP contribution in [-0.4, -0.2) is 22.0 Å². The average molecular weight is 313 g/mol. The Hall–Kier alpha value is -1.98. The van der Waals surface area contributed by atoms with Crippen LogP contribution in [0.5, 0.6) is 0 Å². The Morgan fingerprint density at radius 3 is 2.55 bits per heavy atom. The van der Waals surface area contributed by atoms with Gasteiger partial charge >= 0.3 is 5.97 Å². The van der Waals surface area contributed by atoms with Gasteiger partial charge in [0.2, 0.25) is 0 Å². The van der Waals surface area contributed by atoms with Crippen molar-refractivity contribution in [2.24, 2.45) is 0 Å². The standard InChI is InChI=1S/C13H10Cl2N2O3/c1-6-7(13(19)20)3-2-4-9(6)17-12(18)10-5-8(14)11(15)16-10/h2-5,16H,1H3,(H,17,18)(H,19,20). The topological polar surface area (TPSA) is 82.2 Å². The second-order valence-electron chi connectivity index (χ2n) is 4.08. The maximum atomic E-state index is 12.0. The molecule has 104 valence electrons. The van der Waals surface area contributed by atoms with Gasteiger partial charge in [-0.15, -0.1) is 0 Å². The van der Waals surface area contributed by atoms with Crippen molar-refractivity contribution in [3.05, 3.63) is 51.3 Å². The minimum absolute atomic E-state index is 0.130. The summed E-state index contributed by atoms with van der Waals surface area (Å²) < 4.78 is 0. The van der Waals surface area contributed by atoms with Gasteiger partial charge in [-0.05, 0) is 30.7 Å². The summed E-state index contributed by atoms with van der Waals surface area (Å²) in [6.45, 7) is 1.62. The molecule has 0 unspecified atom stereocenters. The lowest BCUT2D eigenvalue weighted by Crippen LogP contribution is -2.14. The van der Waals surface area contributed by atoms with Crippen LogP contribution in [0.25, 0.3) is 0 Å². The first kappa shape index (κ1) is 14.4. The number of hydrogen-bond donors (Lipinski definition) is 3. The lowest BCUT2D eigenvalue weighted by atomic mass is 10.1.